The van der Waals surface area contributed by atoms with Crippen molar-refractivity contribution in [1.29, 1.82) is 0 Å². The molecule has 0 aliphatic carbocycles. The molecule has 0 unspecified atom stereocenters. The number of imidazole rings is 1. The molecule has 6 nitrogen and oxygen atoms in total. The van der Waals surface area contributed by atoms with Crippen molar-refractivity contribution in [3.8, 4) is 0 Å². The SMILES string of the molecule is O=C(OCc1ccccc1)N1CCC[C@H](n2c(CO)nc3ccccc32)C1. The average molecular weight is 365 g/mol. The molecule has 3 aromatic rings. The summed E-state index contributed by atoms with van der Waals surface area (Å²) in [4.78, 5) is 18.8. The van der Waals surface area contributed by atoms with Crippen LogP contribution in [-0.4, -0.2) is 38.7 Å². The summed E-state index contributed by atoms with van der Waals surface area (Å²) in [5, 5.41) is 9.75. The topological polar surface area (TPSA) is 67.6 Å². The van der Waals surface area contributed by atoms with Crippen molar-refractivity contribution < 1.29 is 14.6 Å². The Bertz CT molecular complexity index is 923. The number of rotatable bonds is 4. The first kappa shape index (κ1) is 17.5. The Labute approximate surface area is 158 Å². The van der Waals surface area contributed by atoms with E-state index in [-0.39, 0.29) is 25.3 Å². The van der Waals surface area contributed by atoms with Crippen LogP contribution >= 0.6 is 0 Å². The molecule has 1 fully saturated rings. The van der Waals surface area contributed by atoms with Crippen LogP contribution in [0.4, 0.5) is 4.79 Å². The van der Waals surface area contributed by atoms with Gasteiger partial charge in [0.1, 0.15) is 19.0 Å². The van der Waals surface area contributed by atoms with Crippen LogP contribution in [0.15, 0.2) is 54.6 Å². The predicted octanol–water partition coefficient (Wildman–Crippen LogP) is 3.50. The van der Waals surface area contributed by atoms with E-state index in [9.17, 15) is 9.90 Å². The fraction of sp³-hybridized carbons (Fsp3) is 0.333. The number of fused-ring (bicyclic) bond motifs is 1. The van der Waals surface area contributed by atoms with Gasteiger partial charge in [-0.25, -0.2) is 9.78 Å². The van der Waals surface area contributed by atoms with Crippen LogP contribution in [0, 0.1) is 0 Å². The Kier molecular flexibility index (Phi) is 5.07. The Morgan fingerprint density at radius 1 is 1.15 bits per heavy atom. The molecule has 27 heavy (non-hydrogen) atoms. The number of carbonyl (C=O) groups excluding carboxylic acids is 1. The highest BCUT2D eigenvalue weighted by Crippen LogP contribution is 2.28. The van der Waals surface area contributed by atoms with E-state index in [4.69, 9.17) is 4.74 Å². The number of likely N-dealkylation sites (tertiary alicyclic amines) is 1. The third-order valence-electron chi connectivity index (χ3n) is 5.04. The Hall–Kier alpha value is -2.86. The summed E-state index contributed by atoms with van der Waals surface area (Å²) in [5.74, 6) is 0.640. The van der Waals surface area contributed by atoms with E-state index >= 15 is 0 Å². The fourth-order valence-electron chi connectivity index (χ4n) is 3.76. The Balaban J connectivity index is 1.49. The molecule has 4 rings (SSSR count). The number of amides is 1. The Morgan fingerprint density at radius 2 is 1.93 bits per heavy atom. The molecule has 1 atom stereocenters. The van der Waals surface area contributed by atoms with Gasteiger partial charge in [-0.1, -0.05) is 42.5 Å². The lowest BCUT2D eigenvalue weighted by molar-refractivity contribution is 0.0798. The van der Waals surface area contributed by atoms with Gasteiger partial charge >= 0.3 is 6.09 Å². The zero-order valence-corrected chi connectivity index (χ0v) is 15.1. The molecule has 1 saturated heterocycles. The van der Waals surface area contributed by atoms with Crippen LogP contribution in [0.3, 0.4) is 0 Å². The summed E-state index contributed by atoms with van der Waals surface area (Å²) >= 11 is 0. The van der Waals surface area contributed by atoms with Gasteiger partial charge in [0.25, 0.3) is 0 Å². The van der Waals surface area contributed by atoms with Crippen LogP contribution in [0.1, 0.15) is 30.3 Å². The molecule has 0 spiro atoms. The lowest BCUT2D eigenvalue weighted by Crippen LogP contribution is -2.41. The minimum absolute atomic E-state index is 0.0811. The molecule has 2 aromatic carbocycles. The molecule has 140 valence electrons. The van der Waals surface area contributed by atoms with Crippen molar-refractivity contribution in [1.82, 2.24) is 14.5 Å². The smallest absolute Gasteiger partial charge is 0.410 e. The molecule has 0 radical (unpaired) electrons. The van der Waals surface area contributed by atoms with Gasteiger partial charge < -0.3 is 19.3 Å². The number of aromatic nitrogens is 2. The first-order valence-corrected chi connectivity index (χ1v) is 9.28. The third kappa shape index (κ3) is 3.66. The van der Waals surface area contributed by atoms with Crippen molar-refractivity contribution in [3.05, 3.63) is 66.0 Å². The van der Waals surface area contributed by atoms with Gasteiger partial charge in [0, 0.05) is 13.1 Å². The number of carbonyl (C=O) groups is 1. The monoisotopic (exact) mass is 365 g/mol. The van der Waals surface area contributed by atoms with Crippen molar-refractivity contribution >= 4 is 17.1 Å². The summed E-state index contributed by atoms with van der Waals surface area (Å²) in [6, 6.07) is 17.6. The minimum atomic E-state index is -0.293. The number of aliphatic hydroxyl groups excluding tert-OH is 1. The number of aliphatic hydroxyl groups is 1. The van der Waals surface area contributed by atoms with Gasteiger partial charge in [-0.3, -0.25) is 0 Å². The first-order valence-electron chi connectivity index (χ1n) is 9.28. The number of benzene rings is 2. The van der Waals surface area contributed by atoms with E-state index in [1.54, 1.807) is 4.90 Å². The van der Waals surface area contributed by atoms with Crippen LogP contribution in [0.25, 0.3) is 11.0 Å². The van der Waals surface area contributed by atoms with E-state index in [0.717, 1.165) is 29.4 Å². The van der Waals surface area contributed by atoms with Crippen molar-refractivity contribution in [2.24, 2.45) is 0 Å². The second-order valence-electron chi connectivity index (χ2n) is 6.83. The lowest BCUT2D eigenvalue weighted by Gasteiger charge is -2.33. The Morgan fingerprint density at radius 3 is 2.74 bits per heavy atom. The van der Waals surface area contributed by atoms with Crippen LogP contribution in [0.5, 0.6) is 0 Å². The number of hydrogen-bond donors (Lipinski definition) is 1. The van der Waals surface area contributed by atoms with Gasteiger partial charge in [0.2, 0.25) is 0 Å². The maximum absolute atomic E-state index is 12.5. The molecule has 1 N–H and O–H groups in total. The largest absolute Gasteiger partial charge is 0.445 e. The number of para-hydroxylation sites is 2. The number of nitrogens with zero attached hydrogens (tertiary/aromatic N) is 3. The van der Waals surface area contributed by atoms with Crippen molar-refractivity contribution in [2.75, 3.05) is 13.1 Å². The number of piperidine rings is 1. The molecule has 1 aromatic heterocycles. The predicted molar refractivity (Wildman–Crippen MR) is 102 cm³/mol. The third-order valence-corrected chi connectivity index (χ3v) is 5.04. The van der Waals surface area contributed by atoms with Gasteiger partial charge in [-0.15, -0.1) is 0 Å². The summed E-state index contributed by atoms with van der Waals surface area (Å²) in [6.07, 6.45) is 1.54. The molecule has 0 bridgehead atoms. The molecular weight excluding hydrogens is 342 g/mol. The van der Waals surface area contributed by atoms with E-state index in [1.807, 2.05) is 54.6 Å². The second-order valence-corrected chi connectivity index (χ2v) is 6.83. The van der Waals surface area contributed by atoms with Crippen molar-refractivity contribution in [2.45, 2.75) is 32.1 Å². The van der Waals surface area contributed by atoms with E-state index < -0.39 is 0 Å². The zero-order valence-electron chi connectivity index (χ0n) is 15.1. The summed E-state index contributed by atoms with van der Waals surface area (Å²) in [6.45, 7) is 1.40. The van der Waals surface area contributed by atoms with Crippen LogP contribution in [0.2, 0.25) is 0 Å². The minimum Gasteiger partial charge on any atom is -0.445 e. The van der Waals surface area contributed by atoms with Gasteiger partial charge in [0.15, 0.2) is 0 Å². The number of ether oxygens (including phenoxy) is 1. The van der Waals surface area contributed by atoms with E-state index in [1.165, 1.54) is 0 Å². The summed E-state index contributed by atoms with van der Waals surface area (Å²) in [5.41, 5.74) is 2.83. The molecule has 0 saturated carbocycles. The molecule has 1 aliphatic rings. The lowest BCUT2D eigenvalue weighted by atomic mass is 10.1. The molecule has 6 heteroatoms. The summed E-state index contributed by atoms with van der Waals surface area (Å²) in [7, 11) is 0. The molecule has 1 aliphatic heterocycles. The first-order chi connectivity index (χ1) is 13.3. The highest BCUT2D eigenvalue weighted by atomic mass is 16.6. The average Bonchev–Trinajstić information content (AvgIpc) is 3.11. The van der Waals surface area contributed by atoms with Crippen molar-refractivity contribution in [3.63, 3.8) is 0 Å². The quantitative estimate of drug-likeness (QED) is 0.768. The number of hydrogen-bond acceptors (Lipinski definition) is 4. The maximum Gasteiger partial charge on any atom is 0.410 e. The van der Waals surface area contributed by atoms with Crippen LogP contribution in [-0.2, 0) is 18.0 Å². The van der Waals surface area contributed by atoms with E-state index in [2.05, 4.69) is 9.55 Å². The van der Waals surface area contributed by atoms with Gasteiger partial charge in [-0.2, -0.15) is 0 Å². The highest BCUT2D eigenvalue weighted by molar-refractivity contribution is 5.76. The second kappa shape index (κ2) is 7.80. The molecule has 2 heterocycles. The molecular formula is C21H23N3O3. The van der Waals surface area contributed by atoms with Gasteiger partial charge in [-0.05, 0) is 30.5 Å². The molecule has 1 amide bonds. The summed E-state index contributed by atoms with van der Waals surface area (Å²) < 4.78 is 7.57. The maximum atomic E-state index is 12.5. The standard InChI is InChI=1S/C21H23N3O3/c25-14-20-22-18-10-4-5-11-19(18)24(20)17-9-6-12-23(13-17)21(26)27-15-16-7-2-1-3-8-16/h1-5,7-8,10-11,17,25H,6,9,12-15H2/t17-/m0/s1. The van der Waals surface area contributed by atoms with Gasteiger partial charge in [0.05, 0.1) is 17.1 Å². The zero-order chi connectivity index (χ0) is 18.6. The van der Waals surface area contributed by atoms with Crippen LogP contribution < -0.4 is 0 Å². The fourth-order valence-corrected chi connectivity index (χ4v) is 3.76. The normalized spacial score (nSPS) is 17.2. The highest BCUT2D eigenvalue weighted by Gasteiger charge is 2.28. The van der Waals surface area contributed by atoms with E-state index in [0.29, 0.717) is 18.9 Å².